The lowest BCUT2D eigenvalue weighted by molar-refractivity contribution is 0.197. The summed E-state index contributed by atoms with van der Waals surface area (Å²) in [5.41, 5.74) is 0. The van der Waals surface area contributed by atoms with E-state index >= 15 is 0 Å². The molecule has 1 aromatic heterocycles. The quantitative estimate of drug-likeness (QED) is 0.625. The Bertz CT molecular complexity index is 502. The number of nitrogens with one attached hydrogen (secondary N) is 2. The second-order valence-corrected chi connectivity index (χ2v) is 6.11. The van der Waals surface area contributed by atoms with Gasteiger partial charge >= 0.3 is 0 Å². The van der Waals surface area contributed by atoms with E-state index in [1.807, 2.05) is 0 Å². The minimum Gasteiger partial charge on any atom is -0.357 e. The third kappa shape index (κ3) is 4.19. The highest BCUT2D eigenvalue weighted by molar-refractivity contribution is 5.80. The van der Waals surface area contributed by atoms with Gasteiger partial charge in [0.1, 0.15) is 6.54 Å². The molecule has 0 atom stereocenters. The van der Waals surface area contributed by atoms with Crippen molar-refractivity contribution in [2.75, 3.05) is 19.6 Å². The molecule has 0 radical (unpaired) electrons. The Hall–Kier alpha value is -1.63. The van der Waals surface area contributed by atoms with E-state index < -0.39 is 0 Å². The Labute approximate surface area is 131 Å². The SMILES string of the molecule is CCNC(=NCc1noc(C)n1)NC1CCN(C2CC2)CC1. The van der Waals surface area contributed by atoms with Crippen molar-refractivity contribution in [3.8, 4) is 0 Å². The van der Waals surface area contributed by atoms with E-state index in [9.17, 15) is 0 Å². The zero-order valence-corrected chi connectivity index (χ0v) is 13.5. The van der Waals surface area contributed by atoms with Crippen LogP contribution in [0.5, 0.6) is 0 Å². The molecule has 1 aliphatic carbocycles. The summed E-state index contributed by atoms with van der Waals surface area (Å²) in [7, 11) is 0. The maximum atomic E-state index is 4.97. The van der Waals surface area contributed by atoms with Crippen LogP contribution in [0.25, 0.3) is 0 Å². The summed E-state index contributed by atoms with van der Waals surface area (Å²) in [5, 5.41) is 10.7. The molecule has 1 saturated carbocycles. The summed E-state index contributed by atoms with van der Waals surface area (Å²) in [6.07, 6.45) is 5.16. The highest BCUT2D eigenvalue weighted by Gasteiger charge is 2.31. The Morgan fingerprint density at radius 2 is 2.09 bits per heavy atom. The van der Waals surface area contributed by atoms with Crippen LogP contribution in [0.4, 0.5) is 0 Å². The average Bonchev–Trinajstić information content (AvgIpc) is 3.28. The Kier molecular flexibility index (Phi) is 4.92. The molecule has 3 rings (SSSR count). The summed E-state index contributed by atoms with van der Waals surface area (Å²) in [6.45, 7) is 7.55. The molecule has 7 heteroatoms. The van der Waals surface area contributed by atoms with Gasteiger partial charge in [-0.3, -0.25) is 0 Å². The van der Waals surface area contributed by atoms with Gasteiger partial charge in [-0.25, -0.2) is 4.99 Å². The molecular formula is C15H26N6O. The summed E-state index contributed by atoms with van der Waals surface area (Å²) < 4.78 is 4.97. The first-order valence-electron chi connectivity index (χ1n) is 8.32. The number of nitrogens with zero attached hydrogens (tertiary/aromatic N) is 4. The predicted molar refractivity (Wildman–Crippen MR) is 84.6 cm³/mol. The summed E-state index contributed by atoms with van der Waals surface area (Å²) in [5.74, 6) is 2.05. The first-order valence-corrected chi connectivity index (χ1v) is 8.32. The van der Waals surface area contributed by atoms with Crippen molar-refractivity contribution in [3.63, 3.8) is 0 Å². The fourth-order valence-electron chi connectivity index (χ4n) is 2.92. The molecule has 1 saturated heterocycles. The van der Waals surface area contributed by atoms with Crippen LogP contribution in [-0.4, -0.2) is 52.7 Å². The molecule has 2 fully saturated rings. The smallest absolute Gasteiger partial charge is 0.223 e. The van der Waals surface area contributed by atoms with Gasteiger partial charge in [-0.05, 0) is 32.6 Å². The van der Waals surface area contributed by atoms with Crippen LogP contribution in [0.2, 0.25) is 0 Å². The lowest BCUT2D eigenvalue weighted by Crippen LogP contribution is -2.49. The number of aliphatic imine (C=N–C) groups is 1. The molecule has 122 valence electrons. The van der Waals surface area contributed by atoms with Crippen LogP contribution in [0.1, 0.15) is 44.3 Å². The monoisotopic (exact) mass is 306 g/mol. The lowest BCUT2D eigenvalue weighted by Gasteiger charge is -2.33. The van der Waals surface area contributed by atoms with Crippen LogP contribution in [-0.2, 0) is 6.54 Å². The number of piperidine rings is 1. The van der Waals surface area contributed by atoms with Crippen LogP contribution in [0, 0.1) is 6.92 Å². The van der Waals surface area contributed by atoms with Crippen molar-refractivity contribution < 1.29 is 4.52 Å². The van der Waals surface area contributed by atoms with Gasteiger partial charge in [-0.2, -0.15) is 4.98 Å². The molecule has 0 bridgehead atoms. The van der Waals surface area contributed by atoms with E-state index in [0.29, 0.717) is 24.3 Å². The molecule has 2 heterocycles. The molecule has 7 nitrogen and oxygen atoms in total. The van der Waals surface area contributed by atoms with E-state index in [1.165, 1.54) is 38.8 Å². The molecular weight excluding hydrogens is 280 g/mol. The molecule has 0 unspecified atom stereocenters. The number of hydrogen-bond donors (Lipinski definition) is 2. The van der Waals surface area contributed by atoms with E-state index in [2.05, 4.69) is 37.6 Å². The summed E-state index contributed by atoms with van der Waals surface area (Å²) in [6, 6.07) is 1.38. The Balaban J connectivity index is 1.50. The van der Waals surface area contributed by atoms with Crippen LogP contribution in [0.3, 0.4) is 0 Å². The van der Waals surface area contributed by atoms with E-state index in [1.54, 1.807) is 6.92 Å². The van der Waals surface area contributed by atoms with Crippen molar-refractivity contribution in [3.05, 3.63) is 11.7 Å². The van der Waals surface area contributed by atoms with Crippen LogP contribution in [0.15, 0.2) is 9.52 Å². The third-order valence-electron chi connectivity index (χ3n) is 4.23. The maximum Gasteiger partial charge on any atom is 0.223 e. The van der Waals surface area contributed by atoms with Gasteiger partial charge in [0.15, 0.2) is 11.8 Å². The standard InChI is InChI=1S/C15H26N6O/c1-3-16-15(17-10-14-18-11(2)22-20-14)19-12-6-8-21(9-7-12)13-4-5-13/h12-13H,3-10H2,1-2H3,(H2,16,17,19). The number of rotatable bonds is 5. The van der Waals surface area contributed by atoms with Crippen LogP contribution >= 0.6 is 0 Å². The maximum absolute atomic E-state index is 4.97. The molecule has 0 amide bonds. The van der Waals surface area contributed by atoms with E-state index in [4.69, 9.17) is 4.52 Å². The number of guanidine groups is 1. The normalized spacial score (nSPS) is 21.1. The first-order chi connectivity index (χ1) is 10.7. The molecule has 2 N–H and O–H groups in total. The predicted octanol–water partition coefficient (Wildman–Crippen LogP) is 1.06. The summed E-state index contributed by atoms with van der Waals surface area (Å²) >= 11 is 0. The Morgan fingerprint density at radius 1 is 1.32 bits per heavy atom. The molecule has 2 aliphatic rings. The number of hydrogen-bond acceptors (Lipinski definition) is 5. The van der Waals surface area contributed by atoms with Crippen molar-refractivity contribution in [1.29, 1.82) is 0 Å². The van der Waals surface area contributed by atoms with E-state index in [0.717, 1.165) is 18.5 Å². The second-order valence-electron chi connectivity index (χ2n) is 6.11. The number of aromatic nitrogens is 2. The van der Waals surface area contributed by atoms with Gasteiger partial charge < -0.3 is 20.1 Å². The summed E-state index contributed by atoms with van der Waals surface area (Å²) in [4.78, 5) is 11.4. The van der Waals surface area contributed by atoms with Gasteiger partial charge in [0.05, 0.1) is 0 Å². The molecule has 1 aliphatic heterocycles. The van der Waals surface area contributed by atoms with Crippen molar-refractivity contribution >= 4 is 5.96 Å². The minimum atomic E-state index is 0.438. The fourth-order valence-corrected chi connectivity index (χ4v) is 2.92. The zero-order valence-electron chi connectivity index (χ0n) is 13.5. The van der Waals surface area contributed by atoms with E-state index in [-0.39, 0.29) is 0 Å². The average molecular weight is 306 g/mol. The van der Waals surface area contributed by atoms with Gasteiger partial charge in [0.2, 0.25) is 5.89 Å². The van der Waals surface area contributed by atoms with Crippen molar-refractivity contribution in [2.45, 2.75) is 58.2 Å². The van der Waals surface area contributed by atoms with Crippen molar-refractivity contribution in [2.24, 2.45) is 4.99 Å². The van der Waals surface area contributed by atoms with Gasteiger partial charge in [-0.15, -0.1) is 0 Å². The van der Waals surface area contributed by atoms with Gasteiger partial charge in [0.25, 0.3) is 0 Å². The highest BCUT2D eigenvalue weighted by atomic mass is 16.5. The molecule has 22 heavy (non-hydrogen) atoms. The Morgan fingerprint density at radius 3 is 2.68 bits per heavy atom. The van der Waals surface area contributed by atoms with Crippen molar-refractivity contribution in [1.82, 2.24) is 25.7 Å². The third-order valence-corrected chi connectivity index (χ3v) is 4.23. The number of likely N-dealkylation sites (tertiary alicyclic amines) is 1. The van der Waals surface area contributed by atoms with Gasteiger partial charge in [-0.1, -0.05) is 5.16 Å². The molecule has 0 aromatic carbocycles. The molecule has 0 spiro atoms. The lowest BCUT2D eigenvalue weighted by atomic mass is 10.1. The topological polar surface area (TPSA) is 78.6 Å². The van der Waals surface area contributed by atoms with Crippen LogP contribution < -0.4 is 10.6 Å². The highest BCUT2D eigenvalue weighted by Crippen LogP contribution is 2.29. The number of aryl methyl sites for hydroxylation is 1. The first kappa shape index (κ1) is 15.3. The minimum absolute atomic E-state index is 0.438. The largest absolute Gasteiger partial charge is 0.357 e. The fraction of sp³-hybridized carbons (Fsp3) is 0.800. The van der Waals surface area contributed by atoms with Gasteiger partial charge in [0, 0.05) is 38.6 Å². The second kappa shape index (κ2) is 7.09. The zero-order chi connectivity index (χ0) is 15.4. The molecule has 1 aromatic rings.